The van der Waals surface area contributed by atoms with Crippen molar-refractivity contribution in [1.29, 1.82) is 0 Å². The van der Waals surface area contributed by atoms with Gasteiger partial charge in [-0.2, -0.15) is 0 Å². The average molecular weight is 300 g/mol. The van der Waals surface area contributed by atoms with Gasteiger partial charge in [0, 0.05) is 16.0 Å². The van der Waals surface area contributed by atoms with E-state index in [1.807, 2.05) is 50.4 Å². The minimum atomic E-state index is -0.140. The van der Waals surface area contributed by atoms with Crippen LogP contribution in [0.15, 0.2) is 41.6 Å². The summed E-state index contributed by atoms with van der Waals surface area (Å²) in [5.41, 5.74) is 4.00. The molecule has 0 bridgehead atoms. The van der Waals surface area contributed by atoms with Crippen LogP contribution in [0.3, 0.4) is 0 Å². The quantitative estimate of drug-likeness (QED) is 0.672. The van der Waals surface area contributed by atoms with Gasteiger partial charge in [0.05, 0.1) is 17.4 Å². The number of hydrogen-bond donors (Lipinski definition) is 1. The van der Waals surface area contributed by atoms with Gasteiger partial charge in [0.1, 0.15) is 5.82 Å². The largest absolute Gasteiger partial charge is 0.345 e. The van der Waals surface area contributed by atoms with Gasteiger partial charge in [0.15, 0.2) is 0 Å². The fourth-order valence-electron chi connectivity index (χ4n) is 2.61. The molecule has 0 atom stereocenters. The lowest BCUT2D eigenvalue weighted by Crippen LogP contribution is -1.97. The predicted molar refractivity (Wildman–Crippen MR) is 87.4 cm³/mol. The van der Waals surface area contributed by atoms with Gasteiger partial charge in [-0.3, -0.25) is 0 Å². The molecule has 0 aliphatic carbocycles. The third-order valence-corrected chi connectivity index (χ3v) is 4.47. The molecule has 1 heterocycles. The van der Waals surface area contributed by atoms with Crippen molar-refractivity contribution in [3.63, 3.8) is 0 Å². The van der Waals surface area contributed by atoms with E-state index in [1.165, 1.54) is 0 Å². The molecule has 3 aromatic rings. The molecule has 4 heteroatoms. The molecule has 0 amide bonds. The third kappa shape index (κ3) is 2.33. The number of nitrogens with one attached hydrogen (secondary N) is 1. The maximum absolute atomic E-state index is 14.9. The molecule has 0 aliphatic heterocycles. The molecular formula is C17H17FN2S. The molecule has 0 unspecified atom stereocenters. The normalized spacial score (nSPS) is 11.5. The van der Waals surface area contributed by atoms with Gasteiger partial charge in [-0.05, 0) is 29.9 Å². The van der Waals surface area contributed by atoms with Crippen LogP contribution in [0.4, 0.5) is 4.39 Å². The lowest BCUT2D eigenvalue weighted by atomic mass is 9.95. The van der Waals surface area contributed by atoms with Crippen molar-refractivity contribution >= 4 is 22.8 Å². The van der Waals surface area contributed by atoms with Crippen molar-refractivity contribution in [2.75, 3.05) is 6.26 Å². The average Bonchev–Trinajstić information content (AvgIpc) is 2.94. The SMILES string of the molecule is CSc1ccc2[nH]cnc2c1-c1cccc(C(C)C)c1F. The van der Waals surface area contributed by atoms with Crippen molar-refractivity contribution in [2.24, 2.45) is 0 Å². The van der Waals surface area contributed by atoms with Crippen LogP contribution >= 0.6 is 11.8 Å². The molecule has 0 saturated heterocycles. The molecule has 3 rings (SSSR count). The highest BCUT2D eigenvalue weighted by atomic mass is 32.2. The van der Waals surface area contributed by atoms with E-state index in [0.29, 0.717) is 5.56 Å². The molecule has 0 spiro atoms. The number of hydrogen-bond acceptors (Lipinski definition) is 2. The smallest absolute Gasteiger partial charge is 0.134 e. The van der Waals surface area contributed by atoms with E-state index < -0.39 is 0 Å². The fourth-order valence-corrected chi connectivity index (χ4v) is 3.22. The van der Waals surface area contributed by atoms with Crippen LogP contribution in [0, 0.1) is 5.82 Å². The van der Waals surface area contributed by atoms with Gasteiger partial charge in [0.25, 0.3) is 0 Å². The Kier molecular flexibility index (Phi) is 3.72. The molecule has 0 aliphatic rings. The van der Waals surface area contributed by atoms with Crippen LogP contribution in [0.25, 0.3) is 22.2 Å². The number of rotatable bonds is 3. The Morgan fingerprint density at radius 1 is 1.19 bits per heavy atom. The van der Waals surface area contributed by atoms with Gasteiger partial charge in [-0.25, -0.2) is 9.37 Å². The first-order chi connectivity index (χ1) is 10.1. The van der Waals surface area contributed by atoms with Crippen LogP contribution in [-0.2, 0) is 0 Å². The second-order valence-corrected chi connectivity index (χ2v) is 6.15. The summed E-state index contributed by atoms with van der Waals surface area (Å²) in [6.07, 6.45) is 3.66. The number of thioether (sulfide) groups is 1. The number of nitrogens with zero attached hydrogens (tertiary/aromatic N) is 1. The van der Waals surface area contributed by atoms with E-state index in [0.717, 1.165) is 27.1 Å². The van der Waals surface area contributed by atoms with E-state index in [-0.39, 0.29) is 11.7 Å². The topological polar surface area (TPSA) is 28.7 Å². The molecule has 0 saturated carbocycles. The van der Waals surface area contributed by atoms with Crippen LogP contribution in [0.5, 0.6) is 0 Å². The summed E-state index contributed by atoms with van der Waals surface area (Å²) in [6.45, 7) is 4.01. The Morgan fingerprint density at radius 3 is 2.71 bits per heavy atom. The number of halogens is 1. The summed E-state index contributed by atoms with van der Waals surface area (Å²) < 4.78 is 14.9. The summed E-state index contributed by atoms with van der Waals surface area (Å²) in [7, 11) is 0. The van der Waals surface area contributed by atoms with E-state index in [9.17, 15) is 4.39 Å². The lowest BCUT2D eigenvalue weighted by Gasteiger charge is -2.14. The molecule has 0 fully saturated rings. The van der Waals surface area contributed by atoms with Crippen LogP contribution in [-0.4, -0.2) is 16.2 Å². The Labute approximate surface area is 127 Å². The van der Waals surface area contributed by atoms with Crippen LogP contribution in [0.2, 0.25) is 0 Å². The van der Waals surface area contributed by atoms with Crippen LogP contribution in [0.1, 0.15) is 25.3 Å². The first-order valence-electron chi connectivity index (χ1n) is 6.92. The number of aromatic nitrogens is 2. The maximum Gasteiger partial charge on any atom is 0.134 e. The molecule has 1 aromatic heterocycles. The summed E-state index contributed by atoms with van der Waals surface area (Å²) in [4.78, 5) is 8.52. The third-order valence-electron chi connectivity index (χ3n) is 3.69. The van der Waals surface area contributed by atoms with Gasteiger partial charge in [-0.15, -0.1) is 11.8 Å². The number of H-pyrrole nitrogens is 1. The Balaban J connectivity index is 2.34. The molecular weight excluding hydrogens is 283 g/mol. The number of aromatic amines is 1. The number of benzene rings is 2. The molecule has 2 nitrogen and oxygen atoms in total. The molecule has 1 N–H and O–H groups in total. The van der Waals surface area contributed by atoms with Crippen molar-refractivity contribution in [3.05, 3.63) is 48.0 Å². The van der Waals surface area contributed by atoms with Crippen LogP contribution < -0.4 is 0 Å². The number of imidazole rings is 1. The summed E-state index contributed by atoms with van der Waals surface area (Å²) >= 11 is 1.61. The van der Waals surface area contributed by atoms with Crippen molar-refractivity contribution in [2.45, 2.75) is 24.7 Å². The first-order valence-corrected chi connectivity index (χ1v) is 8.14. The summed E-state index contributed by atoms with van der Waals surface area (Å²) in [5, 5.41) is 0. The maximum atomic E-state index is 14.9. The van der Waals surface area contributed by atoms with Gasteiger partial charge < -0.3 is 4.98 Å². The minimum absolute atomic E-state index is 0.140. The predicted octanol–water partition coefficient (Wildman–Crippen LogP) is 5.21. The van der Waals surface area contributed by atoms with Crippen molar-refractivity contribution in [1.82, 2.24) is 9.97 Å². The van der Waals surface area contributed by atoms with Crippen molar-refractivity contribution < 1.29 is 4.39 Å². The lowest BCUT2D eigenvalue weighted by molar-refractivity contribution is 0.601. The van der Waals surface area contributed by atoms with E-state index in [1.54, 1.807) is 18.1 Å². The van der Waals surface area contributed by atoms with E-state index >= 15 is 0 Å². The number of fused-ring (bicyclic) bond motifs is 1. The highest BCUT2D eigenvalue weighted by Crippen LogP contribution is 2.38. The molecule has 2 aromatic carbocycles. The van der Waals surface area contributed by atoms with E-state index in [4.69, 9.17) is 0 Å². The fraction of sp³-hybridized carbons (Fsp3) is 0.235. The Morgan fingerprint density at radius 2 is 2.00 bits per heavy atom. The van der Waals surface area contributed by atoms with Gasteiger partial charge >= 0.3 is 0 Å². The van der Waals surface area contributed by atoms with E-state index in [2.05, 4.69) is 9.97 Å². The Hall–Kier alpha value is -1.81. The van der Waals surface area contributed by atoms with Gasteiger partial charge in [0.2, 0.25) is 0 Å². The zero-order chi connectivity index (χ0) is 15.0. The second kappa shape index (κ2) is 5.53. The zero-order valence-corrected chi connectivity index (χ0v) is 13.1. The highest BCUT2D eigenvalue weighted by molar-refractivity contribution is 7.98. The molecule has 0 radical (unpaired) electrons. The summed E-state index contributed by atoms with van der Waals surface area (Å²) in [6, 6.07) is 9.62. The first kappa shape index (κ1) is 14.1. The Bertz CT molecular complexity index is 793. The summed E-state index contributed by atoms with van der Waals surface area (Å²) in [5.74, 6) is 0.0133. The molecule has 21 heavy (non-hydrogen) atoms. The van der Waals surface area contributed by atoms with Gasteiger partial charge in [-0.1, -0.05) is 32.0 Å². The zero-order valence-electron chi connectivity index (χ0n) is 12.3. The minimum Gasteiger partial charge on any atom is -0.345 e. The monoisotopic (exact) mass is 300 g/mol. The second-order valence-electron chi connectivity index (χ2n) is 5.31. The molecule has 108 valence electrons. The standard InChI is InChI=1S/C17H17FN2S/c1-10(2)11-5-4-6-12(16(11)18)15-14(21-3)8-7-13-17(15)20-9-19-13/h4-10H,1-3H3,(H,19,20). The van der Waals surface area contributed by atoms with Crippen molar-refractivity contribution in [3.8, 4) is 11.1 Å². The highest BCUT2D eigenvalue weighted by Gasteiger charge is 2.18.